The molecule has 2 saturated heterocycles. The lowest BCUT2D eigenvalue weighted by Gasteiger charge is -2.36. The van der Waals surface area contributed by atoms with Crippen molar-refractivity contribution >= 4 is 46.1 Å². The van der Waals surface area contributed by atoms with Crippen molar-refractivity contribution in [1.29, 1.82) is 5.26 Å². The second-order valence-electron chi connectivity index (χ2n) is 10.2. The van der Waals surface area contributed by atoms with E-state index >= 15 is 0 Å². The standard InChI is InChI=1S/C31H29FN4O2S2/c1-20-25(17-27-30(38)36(31(39)40-27)19-23-8-10-24(32)11-9-23)28(34(2)29(37)26(20)18-33)35-14-12-22(13-15-35)16-21-6-4-3-5-7-21/h3-11,17,22H,12-16,19H2,1-2H3. The second-order valence-corrected chi connectivity index (χ2v) is 11.9. The molecule has 0 unspecified atom stereocenters. The van der Waals surface area contributed by atoms with Gasteiger partial charge in [-0.05, 0) is 67.0 Å². The molecule has 1 amide bonds. The Morgan fingerprint density at radius 1 is 1.07 bits per heavy atom. The molecule has 0 bridgehead atoms. The minimum Gasteiger partial charge on any atom is -0.357 e. The summed E-state index contributed by atoms with van der Waals surface area (Å²) in [5, 5.41) is 9.78. The van der Waals surface area contributed by atoms with Crippen molar-refractivity contribution in [2.45, 2.75) is 32.7 Å². The van der Waals surface area contributed by atoms with Crippen molar-refractivity contribution in [3.8, 4) is 6.07 Å². The molecular formula is C31H29FN4O2S2. The molecule has 0 N–H and O–H groups in total. The van der Waals surface area contributed by atoms with Crippen LogP contribution in [0.2, 0.25) is 0 Å². The van der Waals surface area contributed by atoms with E-state index in [1.165, 1.54) is 38.9 Å². The zero-order valence-corrected chi connectivity index (χ0v) is 24.0. The summed E-state index contributed by atoms with van der Waals surface area (Å²) in [5.41, 5.74) is 3.05. The largest absolute Gasteiger partial charge is 0.357 e. The van der Waals surface area contributed by atoms with Gasteiger partial charge in [-0.2, -0.15) is 5.26 Å². The third-order valence-electron chi connectivity index (χ3n) is 7.65. The number of benzene rings is 2. The fourth-order valence-corrected chi connectivity index (χ4v) is 6.67. The van der Waals surface area contributed by atoms with Gasteiger partial charge < -0.3 is 4.90 Å². The lowest BCUT2D eigenvalue weighted by molar-refractivity contribution is -0.122. The average molecular weight is 573 g/mol. The molecule has 2 aliphatic heterocycles. The van der Waals surface area contributed by atoms with E-state index in [4.69, 9.17) is 12.2 Å². The number of nitrogens with zero attached hydrogens (tertiary/aromatic N) is 4. The van der Waals surface area contributed by atoms with Crippen LogP contribution in [-0.4, -0.2) is 32.8 Å². The number of anilines is 1. The van der Waals surface area contributed by atoms with E-state index in [2.05, 4.69) is 35.2 Å². The number of carbonyl (C=O) groups excluding carboxylic acids is 1. The predicted octanol–water partition coefficient (Wildman–Crippen LogP) is 5.57. The van der Waals surface area contributed by atoms with Gasteiger partial charge in [0.05, 0.1) is 11.4 Å². The van der Waals surface area contributed by atoms with Crippen molar-refractivity contribution in [3.05, 3.63) is 103 Å². The molecular weight excluding hydrogens is 543 g/mol. The van der Waals surface area contributed by atoms with Crippen LogP contribution in [-0.2, 0) is 24.8 Å². The molecule has 6 nitrogen and oxygen atoms in total. The first-order valence-electron chi connectivity index (χ1n) is 13.2. The third kappa shape index (κ3) is 5.60. The second kappa shape index (κ2) is 11.8. The van der Waals surface area contributed by atoms with Crippen molar-refractivity contribution in [2.75, 3.05) is 18.0 Å². The summed E-state index contributed by atoms with van der Waals surface area (Å²) >= 11 is 6.72. The highest BCUT2D eigenvalue weighted by Gasteiger charge is 2.33. The van der Waals surface area contributed by atoms with Crippen LogP contribution in [0.15, 0.2) is 64.3 Å². The van der Waals surface area contributed by atoms with Crippen LogP contribution >= 0.6 is 24.0 Å². The van der Waals surface area contributed by atoms with E-state index in [9.17, 15) is 19.2 Å². The Kier molecular flexibility index (Phi) is 8.19. The van der Waals surface area contributed by atoms with Gasteiger partial charge in [0.15, 0.2) is 0 Å². The number of rotatable bonds is 6. The molecule has 3 aromatic rings. The van der Waals surface area contributed by atoms with E-state index in [-0.39, 0.29) is 29.4 Å². The number of pyridine rings is 1. The molecule has 0 atom stereocenters. The molecule has 5 rings (SSSR count). The summed E-state index contributed by atoms with van der Waals surface area (Å²) in [5.74, 6) is 0.660. The number of thioether (sulfide) groups is 1. The number of thiocarbonyl (C=S) groups is 1. The van der Waals surface area contributed by atoms with E-state index in [1.807, 2.05) is 6.07 Å². The van der Waals surface area contributed by atoms with Gasteiger partial charge >= 0.3 is 0 Å². The minimum atomic E-state index is -0.345. The number of aromatic nitrogens is 1. The Morgan fingerprint density at radius 2 is 1.75 bits per heavy atom. The Hall–Kier alpha value is -3.74. The number of hydrogen-bond acceptors (Lipinski definition) is 6. The van der Waals surface area contributed by atoms with Crippen molar-refractivity contribution < 1.29 is 9.18 Å². The zero-order chi connectivity index (χ0) is 28.4. The quantitative estimate of drug-likeness (QED) is 0.284. The molecule has 40 heavy (non-hydrogen) atoms. The Bertz CT molecular complexity index is 1580. The smallest absolute Gasteiger partial charge is 0.270 e. The highest BCUT2D eigenvalue weighted by molar-refractivity contribution is 8.26. The van der Waals surface area contributed by atoms with Gasteiger partial charge in [0, 0.05) is 25.7 Å². The van der Waals surface area contributed by atoms with Gasteiger partial charge in [-0.3, -0.25) is 19.1 Å². The topological polar surface area (TPSA) is 69.3 Å². The maximum absolute atomic E-state index is 13.4. The Morgan fingerprint density at radius 3 is 2.40 bits per heavy atom. The van der Waals surface area contributed by atoms with Crippen LogP contribution in [0.5, 0.6) is 0 Å². The van der Waals surface area contributed by atoms with Gasteiger partial charge in [0.2, 0.25) is 0 Å². The first-order chi connectivity index (χ1) is 19.3. The highest BCUT2D eigenvalue weighted by atomic mass is 32.2. The number of carbonyl (C=O) groups is 1. The van der Waals surface area contributed by atoms with Gasteiger partial charge in [0.25, 0.3) is 11.5 Å². The van der Waals surface area contributed by atoms with Crippen LogP contribution in [0, 0.1) is 30.0 Å². The SMILES string of the molecule is Cc1c(C=C2SC(=S)N(Cc3ccc(F)cc3)C2=O)c(N2CCC(Cc3ccccc3)CC2)n(C)c(=O)c1C#N. The number of nitriles is 1. The summed E-state index contributed by atoms with van der Waals surface area (Å²) in [7, 11) is 1.69. The van der Waals surface area contributed by atoms with Crippen LogP contribution < -0.4 is 10.5 Å². The molecule has 2 aromatic carbocycles. The van der Waals surface area contributed by atoms with Crippen molar-refractivity contribution in [1.82, 2.24) is 9.47 Å². The molecule has 0 saturated carbocycles. The Labute approximate surface area is 242 Å². The Balaban J connectivity index is 1.45. The number of piperidine rings is 1. The first-order valence-corrected chi connectivity index (χ1v) is 14.4. The summed E-state index contributed by atoms with van der Waals surface area (Å²) < 4.78 is 15.3. The molecule has 2 fully saturated rings. The lowest BCUT2D eigenvalue weighted by Crippen LogP contribution is -2.39. The molecule has 204 valence electrons. The monoisotopic (exact) mass is 572 g/mol. The maximum atomic E-state index is 13.4. The first kappa shape index (κ1) is 27.8. The van der Waals surface area contributed by atoms with E-state index in [0.29, 0.717) is 32.1 Å². The van der Waals surface area contributed by atoms with Crippen LogP contribution in [0.4, 0.5) is 10.2 Å². The van der Waals surface area contributed by atoms with Crippen LogP contribution in [0.25, 0.3) is 6.08 Å². The molecule has 1 aromatic heterocycles. The summed E-state index contributed by atoms with van der Waals surface area (Å²) in [6.45, 7) is 3.53. The number of hydrogen-bond donors (Lipinski definition) is 0. The van der Waals surface area contributed by atoms with E-state index in [1.54, 1.807) is 32.2 Å². The summed E-state index contributed by atoms with van der Waals surface area (Å²) in [6, 6.07) is 18.5. The summed E-state index contributed by atoms with van der Waals surface area (Å²) in [4.78, 5) is 30.7. The molecule has 0 aliphatic carbocycles. The maximum Gasteiger partial charge on any atom is 0.270 e. The molecule has 2 aliphatic rings. The molecule has 3 heterocycles. The highest BCUT2D eigenvalue weighted by Crippen LogP contribution is 2.37. The predicted molar refractivity (Wildman–Crippen MR) is 161 cm³/mol. The lowest BCUT2D eigenvalue weighted by atomic mass is 9.90. The summed E-state index contributed by atoms with van der Waals surface area (Å²) in [6.07, 6.45) is 4.73. The fourth-order valence-electron chi connectivity index (χ4n) is 5.43. The van der Waals surface area contributed by atoms with Crippen molar-refractivity contribution in [3.63, 3.8) is 0 Å². The van der Waals surface area contributed by atoms with Gasteiger partial charge in [0.1, 0.15) is 27.6 Å². The average Bonchev–Trinajstić information content (AvgIpc) is 3.22. The number of amides is 1. The van der Waals surface area contributed by atoms with Crippen LogP contribution in [0.1, 0.15) is 40.7 Å². The van der Waals surface area contributed by atoms with Crippen LogP contribution in [0.3, 0.4) is 0 Å². The molecule has 0 spiro atoms. The van der Waals surface area contributed by atoms with Gasteiger partial charge in [-0.1, -0.05) is 66.4 Å². The fraction of sp³-hybridized carbons (Fsp3) is 0.290. The third-order valence-corrected chi connectivity index (χ3v) is 9.03. The molecule has 0 radical (unpaired) electrons. The van der Waals surface area contributed by atoms with E-state index < -0.39 is 0 Å². The zero-order valence-electron chi connectivity index (χ0n) is 22.4. The normalized spacial score (nSPS) is 17.1. The van der Waals surface area contributed by atoms with Gasteiger partial charge in [-0.25, -0.2) is 4.39 Å². The minimum absolute atomic E-state index is 0.0678. The number of halogens is 1. The van der Waals surface area contributed by atoms with Crippen molar-refractivity contribution in [2.24, 2.45) is 13.0 Å². The van der Waals surface area contributed by atoms with Gasteiger partial charge in [-0.15, -0.1) is 0 Å². The molecule has 9 heteroatoms. The van der Waals surface area contributed by atoms with E-state index in [0.717, 1.165) is 37.9 Å².